The van der Waals surface area contributed by atoms with Gasteiger partial charge < -0.3 is 14.5 Å². The number of nitro benzene ring substituents is 1. The van der Waals surface area contributed by atoms with Gasteiger partial charge in [0.05, 0.1) is 24.1 Å². The Hall–Kier alpha value is -2.50. The van der Waals surface area contributed by atoms with Gasteiger partial charge in [-0.3, -0.25) is 10.1 Å². The van der Waals surface area contributed by atoms with Crippen LogP contribution in [0.1, 0.15) is 30.0 Å². The molecule has 1 aromatic heterocycles. The molecule has 1 heterocycles. The number of hydrogen-bond acceptors (Lipinski definition) is 5. The second-order valence-electron chi connectivity index (χ2n) is 4.87. The summed E-state index contributed by atoms with van der Waals surface area (Å²) >= 11 is 0. The number of rotatable bonds is 5. The Morgan fingerprint density at radius 2 is 2.05 bits per heavy atom. The summed E-state index contributed by atoms with van der Waals surface area (Å²) in [6.07, 6.45) is 0. The standard InChI is InChI=1S/C15H18N2O4/c1-9-7-13(11(3)21-9)10(2)16-14-6-5-12(20-4)8-15(14)17(18)19/h5-8,10,16H,1-4H3. The van der Waals surface area contributed by atoms with Crippen LogP contribution in [0.15, 0.2) is 28.7 Å². The van der Waals surface area contributed by atoms with Crippen molar-refractivity contribution in [2.24, 2.45) is 0 Å². The first-order valence-electron chi connectivity index (χ1n) is 6.58. The zero-order chi connectivity index (χ0) is 15.6. The van der Waals surface area contributed by atoms with E-state index >= 15 is 0 Å². The number of nitro groups is 1. The van der Waals surface area contributed by atoms with Crippen LogP contribution in [0, 0.1) is 24.0 Å². The molecule has 1 aromatic carbocycles. The molecule has 0 spiro atoms. The van der Waals surface area contributed by atoms with Crippen LogP contribution < -0.4 is 10.1 Å². The Morgan fingerprint density at radius 1 is 1.33 bits per heavy atom. The highest BCUT2D eigenvalue weighted by molar-refractivity contribution is 5.64. The minimum Gasteiger partial charge on any atom is -0.496 e. The number of aryl methyl sites for hydroxylation is 2. The van der Waals surface area contributed by atoms with Crippen LogP contribution in [0.3, 0.4) is 0 Å². The van der Waals surface area contributed by atoms with E-state index in [4.69, 9.17) is 9.15 Å². The SMILES string of the molecule is COc1ccc(NC(C)c2cc(C)oc2C)c([N+](=O)[O-])c1. The number of hydrogen-bond donors (Lipinski definition) is 1. The van der Waals surface area contributed by atoms with Gasteiger partial charge in [0.25, 0.3) is 5.69 Å². The molecule has 0 radical (unpaired) electrons. The summed E-state index contributed by atoms with van der Waals surface area (Å²) in [7, 11) is 1.48. The van der Waals surface area contributed by atoms with Crippen LogP contribution in [0.2, 0.25) is 0 Å². The number of nitrogens with one attached hydrogen (secondary N) is 1. The molecule has 2 rings (SSSR count). The van der Waals surface area contributed by atoms with Crippen LogP contribution >= 0.6 is 0 Å². The number of methoxy groups -OCH3 is 1. The van der Waals surface area contributed by atoms with Gasteiger partial charge in [0, 0.05) is 5.56 Å². The average Bonchev–Trinajstić information content (AvgIpc) is 2.78. The van der Waals surface area contributed by atoms with Crippen molar-refractivity contribution in [1.82, 2.24) is 0 Å². The summed E-state index contributed by atoms with van der Waals surface area (Å²) in [5.41, 5.74) is 1.42. The molecule has 0 saturated heterocycles. The minimum absolute atomic E-state index is 0.0148. The normalized spacial score (nSPS) is 12.0. The molecule has 2 aromatic rings. The second-order valence-corrected chi connectivity index (χ2v) is 4.87. The Kier molecular flexibility index (Phi) is 4.16. The van der Waals surface area contributed by atoms with Crippen molar-refractivity contribution in [3.63, 3.8) is 0 Å². The number of ether oxygens (including phenoxy) is 1. The molecule has 0 amide bonds. The number of anilines is 1. The van der Waals surface area contributed by atoms with Crippen molar-refractivity contribution >= 4 is 11.4 Å². The zero-order valence-electron chi connectivity index (χ0n) is 12.5. The molecule has 6 heteroatoms. The first kappa shape index (κ1) is 14.9. The lowest BCUT2D eigenvalue weighted by Crippen LogP contribution is -2.08. The molecule has 1 N–H and O–H groups in total. The Morgan fingerprint density at radius 3 is 2.57 bits per heavy atom. The van der Waals surface area contributed by atoms with Crippen LogP contribution in [-0.4, -0.2) is 12.0 Å². The van der Waals surface area contributed by atoms with Crippen LogP contribution in [0.5, 0.6) is 5.75 Å². The molecule has 6 nitrogen and oxygen atoms in total. The Bertz CT molecular complexity index is 664. The van der Waals surface area contributed by atoms with Crippen LogP contribution in [0.25, 0.3) is 0 Å². The molecular formula is C15H18N2O4. The Labute approximate surface area is 122 Å². The van der Waals surface area contributed by atoms with Gasteiger partial charge >= 0.3 is 0 Å². The maximum Gasteiger partial charge on any atom is 0.296 e. The molecule has 112 valence electrons. The fourth-order valence-electron chi connectivity index (χ4n) is 2.30. The molecule has 0 aliphatic heterocycles. The van der Waals surface area contributed by atoms with Gasteiger partial charge in [-0.15, -0.1) is 0 Å². The lowest BCUT2D eigenvalue weighted by molar-refractivity contribution is -0.384. The maximum absolute atomic E-state index is 11.2. The second kappa shape index (κ2) is 5.87. The molecular weight excluding hydrogens is 272 g/mol. The number of nitrogens with zero attached hydrogens (tertiary/aromatic N) is 1. The molecule has 0 aliphatic carbocycles. The van der Waals surface area contributed by atoms with Gasteiger partial charge in [-0.2, -0.15) is 0 Å². The summed E-state index contributed by atoms with van der Waals surface area (Å²) in [5.74, 6) is 2.08. The van der Waals surface area contributed by atoms with E-state index in [1.54, 1.807) is 12.1 Å². The van der Waals surface area contributed by atoms with E-state index in [0.717, 1.165) is 17.1 Å². The summed E-state index contributed by atoms with van der Waals surface area (Å²) in [6.45, 7) is 5.69. The summed E-state index contributed by atoms with van der Waals surface area (Å²) in [4.78, 5) is 10.7. The number of benzene rings is 1. The van der Waals surface area contributed by atoms with E-state index < -0.39 is 4.92 Å². The van der Waals surface area contributed by atoms with E-state index in [9.17, 15) is 10.1 Å². The van der Waals surface area contributed by atoms with Gasteiger partial charge in [0.2, 0.25) is 0 Å². The van der Waals surface area contributed by atoms with Crippen molar-refractivity contribution in [1.29, 1.82) is 0 Å². The lowest BCUT2D eigenvalue weighted by Gasteiger charge is -2.15. The van der Waals surface area contributed by atoms with E-state index in [1.807, 2.05) is 26.8 Å². The highest BCUT2D eigenvalue weighted by atomic mass is 16.6. The summed E-state index contributed by atoms with van der Waals surface area (Å²) in [6, 6.07) is 6.57. The third-order valence-electron chi connectivity index (χ3n) is 3.32. The van der Waals surface area contributed by atoms with E-state index in [0.29, 0.717) is 11.4 Å². The van der Waals surface area contributed by atoms with Crippen LogP contribution in [0.4, 0.5) is 11.4 Å². The van der Waals surface area contributed by atoms with Crippen molar-refractivity contribution in [2.45, 2.75) is 26.8 Å². The highest BCUT2D eigenvalue weighted by Gasteiger charge is 2.19. The van der Waals surface area contributed by atoms with Gasteiger partial charge in [0.1, 0.15) is 23.0 Å². The van der Waals surface area contributed by atoms with Gasteiger partial charge in [-0.05, 0) is 39.0 Å². The van der Waals surface area contributed by atoms with Crippen molar-refractivity contribution in [3.05, 3.63) is 51.5 Å². The average molecular weight is 290 g/mol. The van der Waals surface area contributed by atoms with Crippen LogP contribution in [-0.2, 0) is 0 Å². The molecule has 0 bridgehead atoms. The highest BCUT2D eigenvalue weighted by Crippen LogP contribution is 2.32. The fraction of sp³-hybridized carbons (Fsp3) is 0.333. The van der Waals surface area contributed by atoms with E-state index in [2.05, 4.69) is 5.32 Å². The third kappa shape index (κ3) is 3.16. The largest absolute Gasteiger partial charge is 0.496 e. The first-order chi connectivity index (χ1) is 9.92. The smallest absolute Gasteiger partial charge is 0.296 e. The third-order valence-corrected chi connectivity index (χ3v) is 3.32. The Balaban J connectivity index is 2.30. The lowest BCUT2D eigenvalue weighted by atomic mass is 10.1. The predicted molar refractivity (Wildman–Crippen MR) is 79.9 cm³/mol. The monoisotopic (exact) mass is 290 g/mol. The molecule has 21 heavy (non-hydrogen) atoms. The number of furan rings is 1. The quantitative estimate of drug-likeness (QED) is 0.665. The van der Waals surface area contributed by atoms with Crippen molar-refractivity contribution < 1.29 is 14.1 Å². The topological polar surface area (TPSA) is 77.5 Å². The van der Waals surface area contributed by atoms with Gasteiger partial charge in [0.15, 0.2) is 0 Å². The van der Waals surface area contributed by atoms with Crippen molar-refractivity contribution in [2.75, 3.05) is 12.4 Å². The van der Waals surface area contributed by atoms with Gasteiger partial charge in [-0.1, -0.05) is 0 Å². The molecule has 1 atom stereocenters. The molecule has 0 aliphatic rings. The predicted octanol–water partition coefficient (Wildman–Crippen LogP) is 3.99. The minimum atomic E-state index is -0.426. The molecule has 0 saturated carbocycles. The molecule has 0 fully saturated rings. The van der Waals surface area contributed by atoms with E-state index in [1.165, 1.54) is 13.2 Å². The first-order valence-corrected chi connectivity index (χ1v) is 6.58. The van der Waals surface area contributed by atoms with E-state index in [-0.39, 0.29) is 11.7 Å². The maximum atomic E-state index is 11.2. The van der Waals surface area contributed by atoms with Gasteiger partial charge in [-0.25, -0.2) is 0 Å². The summed E-state index contributed by atoms with van der Waals surface area (Å²) < 4.78 is 10.5. The fourth-order valence-corrected chi connectivity index (χ4v) is 2.30. The summed E-state index contributed by atoms with van der Waals surface area (Å²) in [5, 5.41) is 14.3. The zero-order valence-corrected chi connectivity index (χ0v) is 12.5. The molecule has 1 unspecified atom stereocenters. The van der Waals surface area contributed by atoms with Crippen molar-refractivity contribution in [3.8, 4) is 5.75 Å².